The Morgan fingerprint density at radius 1 is 1.04 bits per heavy atom. The van der Waals surface area contributed by atoms with Crippen molar-refractivity contribution in [1.29, 1.82) is 0 Å². The number of hydrogen-bond acceptors (Lipinski definition) is 6. The van der Waals surface area contributed by atoms with Crippen LogP contribution in [0, 0.1) is 11.3 Å². The minimum Gasteiger partial charge on any atom is -0.444 e. The molecule has 1 heterocycles. The first-order valence-corrected chi connectivity index (χ1v) is 8.22. The van der Waals surface area contributed by atoms with Gasteiger partial charge in [-0.3, -0.25) is 9.59 Å². The van der Waals surface area contributed by atoms with Crippen LogP contribution < -0.4 is 0 Å². The number of carbonyl (C=O) groups is 3. The molecule has 1 amide bonds. The highest BCUT2D eigenvalue weighted by atomic mass is 16.7. The fourth-order valence-electron chi connectivity index (χ4n) is 2.14. The van der Waals surface area contributed by atoms with Gasteiger partial charge in [0.25, 0.3) is 0 Å². The number of amides is 1. The first kappa shape index (κ1) is 20.3. The number of carbonyl (C=O) groups excluding carboxylic acids is 3. The molecule has 1 rings (SSSR count). The Morgan fingerprint density at radius 2 is 1.67 bits per heavy atom. The van der Waals surface area contributed by atoms with Crippen molar-refractivity contribution in [2.75, 3.05) is 19.9 Å². The van der Waals surface area contributed by atoms with Gasteiger partial charge in [-0.25, -0.2) is 4.79 Å². The molecule has 7 heteroatoms. The van der Waals surface area contributed by atoms with E-state index in [0.717, 1.165) is 0 Å². The highest BCUT2D eigenvalue weighted by Gasteiger charge is 2.32. The average Bonchev–Trinajstić information content (AvgIpc) is 2.44. The molecule has 0 saturated carbocycles. The van der Waals surface area contributed by atoms with Gasteiger partial charge in [-0.05, 0) is 54.4 Å². The zero-order valence-electron chi connectivity index (χ0n) is 15.5. The molecule has 1 aliphatic rings. The molecule has 0 aliphatic carbocycles. The molecule has 1 aliphatic heterocycles. The summed E-state index contributed by atoms with van der Waals surface area (Å²) in [5.41, 5.74) is -1.23. The molecule has 0 N–H and O–H groups in total. The lowest BCUT2D eigenvalue weighted by Gasteiger charge is -2.33. The third-order valence-electron chi connectivity index (χ3n) is 3.41. The summed E-state index contributed by atoms with van der Waals surface area (Å²) in [4.78, 5) is 37.3. The summed E-state index contributed by atoms with van der Waals surface area (Å²) in [6.07, 6.45) is 0.894. The average molecular weight is 343 g/mol. The van der Waals surface area contributed by atoms with Crippen molar-refractivity contribution in [3.8, 4) is 0 Å². The van der Waals surface area contributed by atoms with E-state index in [2.05, 4.69) is 0 Å². The number of esters is 2. The Hall–Kier alpha value is -1.79. The predicted octanol–water partition coefficient (Wildman–Crippen LogP) is 2.72. The second kappa shape index (κ2) is 7.85. The smallest absolute Gasteiger partial charge is 0.410 e. The van der Waals surface area contributed by atoms with E-state index in [1.165, 1.54) is 4.90 Å². The Balaban J connectivity index is 2.45. The van der Waals surface area contributed by atoms with Gasteiger partial charge in [0, 0.05) is 13.1 Å². The lowest BCUT2D eigenvalue weighted by Crippen LogP contribution is -2.45. The lowest BCUT2D eigenvalue weighted by molar-refractivity contribution is -0.176. The Morgan fingerprint density at radius 3 is 2.21 bits per heavy atom. The van der Waals surface area contributed by atoms with E-state index in [1.54, 1.807) is 41.5 Å². The van der Waals surface area contributed by atoms with Crippen LogP contribution in [0.25, 0.3) is 0 Å². The van der Waals surface area contributed by atoms with E-state index in [-0.39, 0.29) is 6.54 Å². The molecule has 7 nitrogen and oxygen atoms in total. The van der Waals surface area contributed by atoms with Gasteiger partial charge in [-0.15, -0.1) is 0 Å². The fraction of sp³-hybridized carbons (Fsp3) is 0.824. The first-order chi connectivity index (χ1) is 10.9. The lowest BCUT2D eigenvalue weighted by atomic mass is 9.98. The molecular formula is C17H29NO6. The van der Waals surface area contributed by atoms with Crippen molar-refractivity contribution < 1.29 is 28.6 Å². The Kier molecular flexibility index (Phi) is 6.63. The van der Waals surface area contributed by atoms with Crippen LogP contribution in [0.2, 0.25) is 0 Å². The molecule has 0 aromatic carbocycles. The molecular weight excluding hydrogens is 314 g/mol. The third-order valence-corrected chi connectivity index (χ3v) is 3.41. The van der Waals surface area contributed by atoms with E-state index >= 15 is 0 Å². The van der Waals surface area contributed by atoms with Gasteiger partial charge in [0.1, 0.15) is 5.60 Å². The summed E-state index contributed by atoms with van der Waals surface area (Å²) >= 11 is 0. The molecule has 24 heavy (non-hydrogen) atoms. The molecule has 0 aromatic rings. The fourth-order valence-corrected chi connectivity index (χ4v) is 2.14. The van der Waals surface area contributed by atoms with E-state index in [4.69, 9.17) is 14.2 Å². The first-order valence-electron chi connectivity index (χ1n) is 8.22. The minimum absolute atomic E-state index is 0.251. The predicted molar refractivity (Wildman–Crippen MR) is 87.0 cm³/mol. The van der Waals surface area contributed by atoms with Crippen LogP contribution >= 0.6 is 0 Å². The van der Waals surface area contributed by atoms with Crippen molar-refractivity contribution >= 4 is 18.0 Å². The quantitative estimate of drug-likeness (QED) is 0.579. The van der Waals surface area contributed by atoms with Gasteiger partial charge < -0.3 is 19.1 Å². The second-order valence-electron chi connectivity index (χ2n) is 8.03. The largest absolute Gasteiger partial charge is 0.444 e. The van der Waals surface area contributed by atoms with Crippen LogP contribution in [-0.2, 0) is 23.8 Å². The molecule has 0 bridgehead atoms. The van der Waals surface area contributed by atoms with Crippen LogP contribution in [0.15, 0.2) is 0 Å². The van der Waals surface area contributed by atoms with Crippen molar-refractivity contribution in [3.63, 3.8) is 0 Å². The monoisotopic (exact) mass is 343 g/mol. The summed E-state index contributed by atoms with van der Waals surface area (Å²) in [7, 11) is 0. The van der Waals surface area contributed by atoms with Crippen molar-refractivity contribution in [2.24, 2.45) is 11.3 Å². The summed E-state index contributed by atoms with van der Waals surface area (Å²) < 4.78 is 15.3. The highest BCUT2D eigenvalue weighted by Crippen LogP contribution is 2.21. The number of likely N-dealkylation sites (tertiary alicyclic amines) is 1. The van der Waals surface area contributed by atoms with Gasteiger partial charge in [0.15, 0.2) is 0 Å². The Labute approximate surface area is 143 Å². The number of ether oxygens (including phenoxy) is 3. The number of hydrogen-bond donors (Lipinski definition) is 0. The molecule has 1 fully saturated rings. The normalized spacial score (nSPS) is 18.8. The molecule has 1 atom stereocenters. The SMILES string of the molecule is CC(C)(C)OC(=O)N1CCC[C@H](C(=O)OCOC(=O)C(C)(C)C)C1. The summed E-state index contributed by atoms with van der Waals surface area (Å²) in [5, 5.41) is 0. The van der Waals surface area contributed by atoms with Crippen LogP contribution in [0.5, 0.6) is 0 Å². The molecule has 0 spiro atoms. The second-order valence-corrected chi connectivity index (χ2v) is 8.03. The third kappa shape index (κ3) is 6.76. The summed E-state index contributed by atoms with van der Waals surface area (Å²) in [6, 6.07) is 0. The van der Waals surface area contributed by atoms with Gasteiger partial charge in [0.05, 0.1) is 11.3 Å². The zero-order chi connectivity index (χ0) is 18.5. The van der Waals surface area contributed by atoms with E-state index < -0.39 is 41.8 Å². The van der Waals surface area contributed by atoms with Gasteiger partial charge >= 0.3 is 18.0 Å². The van der Waals surface area contributed by atoms with Crippen molar-refractivity contribution in [2.45, 2.75) is 60.0 Å². The van der Waals surface area contributed by atoms with Crippen LogP contribution in [0.3, 0.4) is 0 Å². The Bertz CT molecular complexity index is 474. The standard InChI is InChI=1S/C17H29NO6/c1-16(2,3)14(20)23-11-22-13(19)12-8-7-9-18(10-12)15(21)24-17(4,5)6/h12H,7-11H2,1-6H3/t12-/m0/s1. The highest BCUT2D eigenvalue weighted by molar-refractivity contribution is 5.76. The van der Waals surface area contributed by atoms with E-state index in [0.29, 0.717) is 19.4 Å². The van der Waals surface area contributed by atoms with Gasteiger partial charge in [-0.2, -0.15) is 0 Å². The van der Waals surface area contributed by atoms with Crippen molar-refractivity contribution in [1.82, 2.24) is 4.90 Å². The maximum absolute atomic E-state index is 12.1. The molecule has 1 saturated heterocycles. The maximum Gasteiger partial charge on any atom is 0.410 e. The molecule has 0 aromatic heterocycles. The number of piperidine rings is 1. The van der Waals surface area contributed by atoms with E-state index in [1.807, 2.05) is 0 Å². The number of rotatable bonds is 3. The van der Waals surface area contributed by atoms with E-state index in [9.17, 15) is 14.4 Å². The number of nitrogens with zero attached hydrogens (tertiary/aromatic N) is 1. The zero-order valence-corrected chi connectivity index (χ0v) is 15.5. The van der Waals surface area contributed by atoms with Crippen LogP contribution in [-0.4, -0.2) is 48.4 Å². The topological polar surface area (TPSA) is 82.1 Å². The van der Waals surface area contributed by atoms with Gasteiger partial charge in [0.2, 0.25) is 6.79 Å². The van der Waals surface area contributed by atoms with Crippen LogP contribution in [0.1, 0.15) is 54.4 Å². The van der Waals surface area contributed by atoms with Crippen LogP contribution in [0.4, 0.5) is 4.79 Å². The summed E-state index contributed by atoms with van der Waals surface area (Å²) in [5.74, 6) is -1.33. The minimum atomic E-state index is -0.648. The van der Waals surface area contributed by atoms with Gasteiger partial charge in [-0.1, -0.05) is 0 Å². The van der Waals surface area contributed by atoms with Crippen molar-refractivity contribution in [3.05, 3.63) is 0 Å². The molecule has 0 radical (unpaired) electrons. The molecule has 138 valence electrons. The maximum atomic E-state index is 12.1. The molecule has 0 unspecified atom stereocenters. The summed E-state index contributed by atoms with van der Waals surface area (Å²) in [6.45, 7) is 10.9.